The first-order valence-electron chi connectivity index (χ1n) is 8.63. The van der Waals surface area contributed by atoms with Crippen LogP contribution in [0.3, 0.4) is 0 Å². The van der Waals surface area contributed by atoms with Crippen LogP contribution in [0.25, 0.3) is 0 Å². The van der Waals surface area contributed by atoms with Gasteiger partial charge >= 0.3 is 6.36 Å². The molecule has 1 N–H and O–H groups in total. The van der Waals surface area contributed by atoms with Gasteiger partial charge in [-0.25, -0.2) is 0 Å². The SMILES string of the molecule is C[C@]1(O)CCOC[C@H]1[C@H]1CCCN1Cc1ccc(OC(F)(F)F)cc1. The zero-order valence-electron chi connectivity index (χ0n) is 14.3. The Kier molecular flexibility index (Phi) is 5.27. The Morgan fingerprint density at radius 3 is 2.68 bits per heavy atom. The van der Waals surface area contributed by atoms with E-state index in [1.54, 1.807) is 12.1 Å². The summed E-state index contributed by atoms with van der Waals surface area (Å²) in [6, 6.07) is 6.22. The summed E-state index contributed by atoms with van der Waals surface area (Å²) >= 11 is 0. The molecule has 1 aromatic carbocycles. The Labute approximate surface area is 145 Å². The van der Waals surface area contributed by atoms with Crippen LogP contribution in [0.5, 0.6) is 5.75 Å². The molecule has 3 atom stereocenters. The van der Waals surface area contributed by atoms with Crippen molar-refractivity contribution < 1.29 is 27.8 Å². The summed E-state index contributed by atoms with van der Waals surface area (Å²) in [7, 11) is 0. The largest absolute Gasteiger partial charge is 0.573 e. The normalized spacial score (nSPS) is 31.2. The Bertz CT molecular complexity index is 574. The number of ether oxygens (including phenoxy) is 2. The van der Waals surface area contributed by atoms with Crippen LogP contribution in [0.15, 0.2) is 24.3 Å². The minimum absolute atomic E-state index is 0.0524. The Hall–Kier alpha value is -1.31. The molecule has 3 rings (SSSR count). The fourth-order valence-corrected chi connectivity index (χ4v) is 3.91. The molecule has 0 unspecified atom stereocenters. The van der Waals surface area contributed by atoms with Crippen molar-refractivity contribution in [3.8, 4) is 5.75 Å². The first kappa shape index (κ1) is 18.5. The van der Waals surface area contributed by atoms with Crippen molar-refractivity contribution in [3.05, 3.63) is 29.8 Å². The minimum atomic E-state index is -4.67. The zero-order chi connectivity index (χ0) is 18.1. The van der Waals surface area contributed by atoms with E-state index in [0.29, 0.717) is 26.2 Å². The van der Waals surface area contributed by atoms with Crippen LogP contribution in [-0.4, -0.2) is 47.8 Å². The molecule has 1 aromatic rings. The number of halogens is 3. The van der Waals surface area contributed by atoms with Crippen molar-refractivity contribution >= 4 is 0 Å². The monoisotopic (exact) mass is 359 g/mol. The first-order chi connectivity index (χ1) is 11.7. The average molecular weight is 359 g/mol. The fraction of sp³-hybridized carbons (Fsp3) is 0.667. The maximum atomic E-state index is 12.2. The molecule has 0 radical (unpaired) electrons. The van der Waals surface area contributed by atoms with Gasteiger partial charge in [-0.3, -0.25) is 4.90 Å². The smallest absolute Gasteiger partial charge is 0.406 e. The highest BCUT2D eigenvalue weighted by Crippen LogP contribution is 2.36. The van der Waals surface area contributed by atoms with Gasteiger partial charge in [0.25, 0.3) is 0 Å². The van der Waals surface area contributed by atoms with Gasteiger partial charge < -0.3 is 14.6 Å². The molecule has 25 heavy (non-hydrogen) atoms. The van der Waals surface area contributed by atoms with Gasteiger partial charge in [0, 0.05) is 25.1 Å². The highest BCUT2D eigenvalue weighted by atomic mass is 19.4. The average Bonchev–Trinajstić information content (AvgIpc) is 2.95. The van der Waals surface area contributed by atoms with Gasteiger partial charge in [0.15, 0.2) is 0 Å². The van der Waals surface area contributed by atoms with Gasteiger partial charge in [-0.05, 0) is 50.4 Å². The molecule has 0 aliphatic carbocycles. The highest BCUT2D eigenvalue weighted by Gasteiger charge is 2.43. The van der Waals surface area contributed by atoms with Crippen LogP contribution >= 0.6 is 0 Å². The Balaban J connectivity index is 1.65. The summed E-state index contributed by atoms with van der Waals surface area (Å²) in [5.74, 6) is -0.158. The number of nitrogens with zero attached hydrogens (tertiary/aromatic N) is 1. The van der Waals surface area contributed by atoms with Gasteiger partial charge in [-0.15, -0.1) is 13.2 Å². The first-order valence-corrected chi connectivity index (χ1v) is 8.63. The second-order valence-corrected chi connectivity index (χ2v) is 7.16. The second kappa shape index (κ2) is 7.13. The number of hydrogen-bond acceptors (Lipinski definition) is 4. The maximum absolute atomic E-state index is 12.2. The van der Waals surface area contributed by atoms with E-state index in [1.165, 1.54) is 12.1 Å². The predicted molar refractivity (Wildman–Crippen MR) is 86.1 cm³/mol. The van der Waals surface area contributed by atoms with E-state index in [9.17, 15) is 18.3 Å². The van der Waals surface area contributed by atoms with E-state index in [1.807, 2.05) is 6.92 Å². The lowest BCUT2D eigenvalue weighted by Gasteiger charge is -2.43. The highest BCUT2D eigenvalue weighted by molar-refractivity contribution is 5.27. The Morgan fingerprint density at radius 2 is 2.04 bits per heavy atom. The van der Waals surface area contributed by atoms with Gasteiger partial charge in [-0.2, -0.15) is 0 Å². The third kappa shape index (κ3) is 4.65. The molecule has 0 amide bonds. The molecule has 0 spiro atoms. The third-order valence-corrected chi connectivity index (χ3v) is 5.27. The second-order valence-electron chi connectivity index (χ2n) is 7.16. The molecule has 0 bridgehead atoms. The number of aliphatic hydroxyl groups is 1. The molecule has 4 nitrogen and oxygen atoms in total. The standard InChI is InChI=1S/C18H24F3NO3/c1-17(23)8-10-24-12-15(17)16-3-2-9-22(16)11-13-4-6-14(7-5-13)25-18(19,20)21/h4-7,15-16,23H,2-3,8-12H2,1H3/t15-,16+,17-/m0/s1. The van der Waals surface area contributed by atoms with E-state index < -0.39 is 12.0 Å². The van der Waals surface area contributed by atoms with Gasteiger partial charge in [-0.1, -0.05) is 12.1 Å². The topological polar surface area (TPSA) is 41.9 Å². The molecule has 7 heteroatoms. The summed E-state index contributed by atoms with van der Waals surface area (Å²) in [6.45, 7) is 4.56. The molecule has 0 saturated carbocycles. The van der Waals surface area contributed by atoms with Crippen molar-refractivity contribution in [2.24, 2.45) is 5.92 Å². The van der Waals surface area contributed by atoms with Gasteiger partial charge in [0.2, 0.25) is 0 Å². The maximum Gasteiger partial charge on any atom is 0.573 e. The Morgan fingerprint density at radius 1 is 1.32 bits per heavy atom. The molecule has 140 valence electrons. The molecule has 2 heterocycles. The van der Waals surface area contributed by atoms with Gasteiger partial charge in [0.1, 0.15) is 5.75 Å². The molecule has 2 saturated heterocycles. The van der Waals surface area contributed by atoms with Crippen LogP contribution in [-0.2, 0) is 11.3 Å². The number of alkyl halides is 3. The fourth-order valence-electron chi connectivity index (χ4n) is 3.91. The van der Waals surface area contributed by atoms with Crippen LogP contribution in [0.1, 0.15) is 31.7 Å². The molecule has 2 fully saturated rings. The lowest BCUT2D eigenvalue weighted by molar-refractivity contribution is -0.274. The molecule has 2 aliphatic rings. The van der Waals surface area contributed by atoms with E-state index in [4.69, 9.17) is 4.74 Å². The molecule has 2 aliphatic heterocycles. The molecular weight excluding hydrogens is 335 g/mol. The van der Waals surface area contributed by atoms with Crippen molar-refractivity contribution in [1.29, 1.82) is 0 Å². The number of benzene rings is 1. The molecule has 0 aromatic heterocycles. The summed E-state index contributed by atoms with van der Waals surface area (Å²) in [4.78, 5) is 2.30. The number of rotatable bonds is 4. The summed E-state index contributed by atoms with van der Waals surface area (Å²) < 4.78 is 46.2. The van der Waals surface area contributed by atoms with Crippen molar-refractivity contribution in [3.63, 3.8) is 0 Å². The van der Waals surface area contributed by atoms with Gasteiger partial charge in [0.05, 0.1) is 12.2 Å². The van der Waals surface area contributed by atoms with E-state index in [-0.39, 0.29) is 17.7 Å². The van der Waals surface area contributed by atoms with E-state index in [2.05, 4.69) is 9.64 Å². The lowest BCUT2D eigenvalue weighted by Crippen LogP contribution is -2.52. The lowest BCUT2D eigenvalue weighted by atomic mass is 9.79. The summed E-state index contributed by atoms with van der Waals surface area (Å²) in [6.07, 6.45) is -1.99. The van der Waals surface area contributed by atoms with Crippen LogP contribution in [0.4, 0.5) is 13.2 Å². The van der Waals surface area contributed by atoms with E-state index >= 15 is 0 Å². The van der Waals surface area contributed by atoms with Crippen LogP contribution in [0, 0.1) is 5.92 Å². The zero-order valence-corrected chi connectivity index (χ0v) is 14.3. The quantitative estimate of drug-likeness (QED) is 0.895. The summed E-state index contributed by atoms with van der Waals surface area (Å²) in [5.41, 5.74) is 0.188. The molecular formula is C18H24F3NO3. The summed E-state index contributed by atoms with van der Waals surface area (Å²) in [5, 5.41) is 10.7. The van der Waals surface area contributed by atoms with Crippen molar-refractivity contribution in [2.75, 3.05) is 19.8 Å². The van der Waals surface area contributed by atoms with Crippen LogP contribution < -0.4 is 4.74 Å². The third-order valence-electron chi connectivity index (χ3n) is 5.27. The number of likely N-dealkylation sites (tertiary alicyclic amines) is 1. The minimum Gasteiger partial charge on any atom is -0.406 e. The predicted octanol–water partition coefficient (Wildman–Crippen LogP) is 3.34. The van der Waals surface area contributed by atoms with Crippen LogP contribution in [0.2, 0.25) is 0 Å². The number of hydrogen-bond donors (Lipinski definition) is 1. The van der Waals surface area contributed by atoms with Crippen molar-refractivity contribution in [1.82, 2.24) is 4.90 Å². The van der Waals surface area contributed by atoms with Crippen molar-refractivity contribution in [2.45, 2.75) is 50.7 Å². The van der Waals surface area contributed by atoms with E-state index in [0.717, 1.165) is 24.9 Å².